The summed E-state index contributed by atoms with van der Waals surface area (Å²) < 4.78 is 12.5. The fourth-order valence-electron chi connectivity index (χ4n) is 4.22. The number of likely N-dealkylation sites (N-methyl/N-ethyl adjacent to an activating group) is 1. The zero-order chi connectivity index (χ0) is 26.6. The number of amides is 1. The van der Waals surface area contributed by atoms with E-state index in [1.165, 1.54) is 4.90 Å². The first-order chi connectivity index (χ1) is 17.8. The maximum atomic E-state index is 12.7. The molecular formula is C28H28Cl3N3O3. The smallest absolute Gasteiger partial charge is 0.240 e. The number of benzene rings is 3. The van der Waals surface area contributed by atoms with E-state index in [1.807, 2.05) is 67.6 Å². The number of nitrogens with two attached hydrogens (primary N) is 1. The van der Waals surface area contributed by atoms with Gasteiger partial charge in [-0.25, -0.2) is 0 Å². The monoisotopic (exact) mass is 559 g/mol. The van der Waals surface area contributed by atoms with Gasteiger partial charge in [-0.3, -0.25) is 4.79 Å². The first-order valence-corrected chi connectivity index (χ1v) is 13.0. The van der Waals surface area contributed by atoms with Crippen molar-refractivity contribution in [1.82, 2.24) is 4.90 Å². The molecule has 0 spiro atoms. The van der Waals surface area contributed by atoms with Gasteiger partial charge < -0.3 is 25.4 Å². The Morgan fingerprint density at radius 1 is 0.973 bits per heavy atom. The molecule has 1 amide bonds. The van der Waals surface area contributed by atoms with Crippen LogP contribution in [0.1, 0.15) is 30.0 Å². The van der Waals surface area contributed by atoms with Gasteiger partial charge in [-0.1, -0.05) is 78.1 Å². The van der Waals surface area contributed by atoms with Crippen LogP contribution in [0.5, 0.6) is 5.75 Å². The van der Waals surface area contributed by atoms with Gasteiger partial charge in [-0.05, 0) is 42.3 Å². The van der Waals surface area contributed by atoms with E-state index in [0.717, 1.165) is 16.8 Å². The van der Waals surface area contributed by atoms with Gasteiger partial charge in [0.1, 0.15) is 12.4 Å². The highest BCUT2D eigenvalue weighted by atomic mass is 35.5. The molecule has 1 aliphatic rings. The van der Waals surface area contributed by atoms with Crippen LogP contribution in [0.2, 0.25) is 10.0 Å². The van der Waals surface area contributed by atoms with Gasteiger partial charge in [-0.15, -0.1) is 0 Å². The highest BCUT2D eigenvalue weighted by molar-refractivity contribution is 6.50. The summed E-state index contributed by atoms with van der Waals surface area (Å²) in [7, 11) is 1.64. The number of nitrogens with zero attached hydrogens (tertiary/aromatic N) is 1. The molecule has 0 fully saturated rings. The molecule has 1 atom stereocenters. The van der Waals surface area contributed by atoms with Crippen LogP contribution in [0.25, 0.3) is 5.03 Å². The summed E-state index contributed by atoms with van der Waals surface area (Å²) in [5.41, 5.74) is 8.16. The maximum Gasteiger partial charge on any atom is 0.240 e. The highest BCUT2D eigenvalue weighted by Gasteiger charge is 2.43. The van der Waals surface area contributed by atoms with Crippen molar-refractivity contribution in [2.24, 2.45) is 5.73 Å². The van der Waals surface area contributed by atoms with Gasteiger partial charge in [-0.2, -0.15) is 0 Å². The molecule has 3 aromatic carbocycles. The molecule has 9 heteroatoms. The van der Waals surface area contributed by atoms with E-state index in [-0.39, 0.29) is 19.1 Å². The summed E-state index contributed by atoms with van der Waals surface area (Å²) in [6, 6.07) is 20.5. The summed E-state index contributed by atoms with van der Waals surface area (Å²) in [5, 5.41) is 5.07. The van der Waals surface area contributed by atoms with Crippen molar-refractivity contribution in [3.63, 3.8) is 0 Å². The predicted molar refractivity (Wildman–Crippen MR) is 150 cm³/mol. The third-order valence-corrected chi connectivity index (χ3v) is 7.44. The minimum Gasteiger partial charge on any atom is -0.489 e. The summed E-state index contributed by atoms with van der Waals surface area (Å²) in [5.74, 6) is 0.301. The third kappa shape index (κ3) is 5.74. The second-order valence-electron chi connectivity index (χ2n) is 8.59. The average Bonchev–Trinajstić information content (AvgIpc) is 2.91. The number of ether oxygens (including phenoxy) is 2. The Balaban J connectivity index is 1.71. The zero-order valence-electron chi connectivity index (χ0n) is 20.6. The molecule has 0 saturated heterocycles. The molecule has 1 aliphatic heterocycles. The Labute approximate surface area is 231 Å². The Hall–Kier alpha value is -2.74. The summed E-state index contributed by atoms with van der Waals surface area (Å²) in [4.78, 5) is 14.2. The molecule has 4 rings (SSSR count). The summed E-state index contributed by atoms with van der Waals surface area (Å²) >= 11 is 19.7. The summed E-state index contributed by atoms with van der Waals surface area (Å²) in [6.45, 7) is 2.28. The lowest BCUT2D eigenvalue weighted by molar-refractivity contribution is -0.129. The molecule has 0 radical (unpaired) electrons. The van der Waals surface area contributed by atoms with E-state index in [2.05, 4.69) is 5.32 Å². The molecule has 6 nitrogen and oxygen atoms in total. The Kier molecular flexibility index (Phi) is 8.67. The number of anilines is 1. The van der Waals surface area contributed by atoms with Crippen LogP contribution in [0, 0.1) is 0 Å². The van der Waals surface area contributed by atoms with E-state index in [9.17, 15) is 4.79 Å². The minimum absolute atomic E-state index is 0.178. The van der Waals surface area contributed by atoms with Crippen molar-refractivity contribution in [3.8, 4) is 5.75 Å². The molecule has 0 saturated carbocycles. The number of fused-ring (bicyclic) bond motifs is 1. The number of hydrogen-bond donors (Lipinski definition) is 2. The highest BCUT2D eigenvalue weighted by Crippen LogP contribution is 2.46. The number of nitrogens with one attached hydrogen (secondary N) is 1. The molecule has 0 aliphatic carbocycles. The Bertz CT molecular complexity index is 1330. The fraction of sp³-hybridized carbons (Fsp3) is 0.250. The average molecular weight is 561 g/mol. The second kappa shape index (κ2) is 11.8. The van der Waals surface area contributed by atoms with E-state index in [4.69, 9.17) is 50.0 Å². The SMILES string of the molecule is CCC1(OCc2ccccc2Cl)Nc2ccc(OCc3ccccc3Cl)cc2C(Cl)=C1N(C)C(=O)CN. The van der Waals surface area contributed by atoms with Crippen LogP contribution in [0.3, 0.4) is 0 Å². The molecule has 1 heterocycles. The lowest BCUT2D eigenvalue weighted by Crippen LogP contribution is -2.51. The van der Waals surface area contributed by atoms with Crippen molar-refractivity contribution < 1.29 is 14.3 Å². The molecule has 1 unspecified atom stereocenters. The van der Waals surface area contributed by atoms with Crippen LogP contribution < -0.4 is 15.8 Å². The first-order valence-electron chi connectivity index (χ1n) is 11.8. The van der Waals surface area contributed by atoms with E-state index >= 15 is 0 Å². The Morgan fingerprint density at radius 2 is 1.59 bits per heavy atom. The van der Waals surface area contributed by atoms with Gasteiger partial charge in [0.15, 0.2) is 5.72 Å². The van der Waals surface area contributed by atoms with Crippen molar-refractivity contribution in [1.29, 1.82) is 0 Å². The minimum atomic E-state index is -1.11. The normalized spacial score (nSPS) is 16.7. The molecule has 194 valence electrons. The number of carbonyl (C=O) groups excluding carboxylic acids is 1. The van der Waals surface area contributed by atoms with Gasteiger partial charge in [0.2, 0.25) is 5.91 Å². The lowest BCUT2D eigenvalue weighted by Gasteiger charge is -2.44. The van der Waals surface area contributed by atoms with Crippen molar-refractivity contribution in [2.75, 3.05) is 18.9 Å². The van der Waals surface area contributed by atoms with Crippen molar-refractivity contribution in [3.05, 3.63) is 99.2 Å². The van der Waals surface area contributed by atoms with Crippen molar-refractivity contribution >= 4 is 51.4 Å². The quantitative estimate of drug-likeness (QED) is 0.307. The third-order valence-electron chi connectivity index (χ3n) is 6.32. The molecule has 3 N–H and O–H groups in total. The van der Waals surface area contributed by atoms with Crippen LogP contribution in [-0.4, -0.2) is 30.1 Å². The van der Waals surface area contributed by atoms with Crippen LogP contribution in [0.4, 0.5) is 5.69 Å². The molecule has 37 heavy (non-hydrogen) atoms. The summed E-state index contributed by atoms with van der Waals surface area (Å²) in [6.07, 6.45) is 0.468. The predicted octanol–water partition coefficient (Wildman–Crippen LogP) is 6.65. The number of carbonyl (C=O) groups is 1. The number of hydrogen-bond acceptors (Lipinski definition) is 5. The van der Waals surface area contributed by atoms with Crippen LogP contribution >= 0.6 is 34.8 Å². The van der Waals surface area contributed by atoms with Crippen molar-refractivity contribution in [2.45, 2.75) is 32.3 Å². The molecule has 3 aromatic rings. The molecule has 0 bridgehead atoms. The number of rotatable bonds is 9. The van der Waals surface area contributed by atoms with Gasteiger partial charge in [0.25, 0.3) is 0 Å². The fourth-order valence-corrected chi connectivity index (χ4v) is 5.04. The Morgan fingerprint density at radius 3 is 2.19 bits per heavy atom. The van der Waals surface area contributed by atoms with Gasteiger partial charge >= 0.3 is 0 Å². The van der Waals surface area contributed by atoms with E-state index in [1.54, 1.807) is 13.1 Å². The van der Waals surface area contributed by atoms with Crippen LogP contribution in [-0.2, 0) is 22.7 Å². The van der Waals surface area contributed by atoms with E-state index < -0.39 is 5.72 Å². The molecule has 0 aromatic heterocycles. The van der Waals surface area contributed by atoms with Gasteiger partial charge in [0, 0.05) is 33.9 Å². The largest absolute Gasteiger partial charge is 0.489 e. The lowest BCUT2D eigenvalue weighted by atomic mass is 9.95. The van der Waals surface area contributed by atoms with Crippen LogP contribution in [0.15, 0.2) is 72.4 Å². The topological polar surface area (TPSA) is 76.8 Å². The number of halogens is 3. The van der Waals surface area contributed by atoms with Gasteiger partial charge in [0.05, 0.1) is 23.9 Å². The van der Waals surface area contributed by atoms with E-state index in [0.29, 0.717) is 45.1 Å². The second-order valence-corrected chi connectivity index (χ2v) is 9.78. The first kappa shape index (κ1) is 27.3. The maximum absolute atomic E-state index is 12.7. The standard InChI is InChI=1S/C28H28Cl3N3O3/c1-3-28(37-17-19-9-5-7-11-23(19)30)27(34(2)25(35)15-32)26(31)21-14-20(12-13-24(21)33-28)36-16-18-8-4-6-10-22(18)29/h4-14,33H,3,15-17,32H2,1-2H3. The molecular weight excluding hydrogens is 533 g/mol. The zero-order valence-corrected chi connectivity index (χ0v) is 22.8.